The molecule has 0 saturated heterocycles. The summed E-state index contributed by atoms with van der Waals surface area (Å²) in [6.07, 6.45) is 0. The predicted molar refractivity (Wildman–Crippen MR) is 107 cm³/mol. The van der Waals surface area contributed by atoms with Gasteiger partial charge in [-0.2, -0.15) is 0 Å². The minimum atomic E-state index is -0.352. The highest BCUT2D eigenvalue weighted by Crippen LogP contribution is 2.17. The third-order valence-electron chi connectivity index (χ3n) is 4.41. The molecule has 0 saturated carbocycles. The van der Waals surface area contributed by atoms with Crippen molar-refractivity contribution in [3.8, 4) is 5.75 Å². The van der Waals surface area contributed by atoms with Gasteiger partial charge in [0.15, 0.2) is 0 Å². The van der Waals surface area contributed by atoms with Gasteiger partial charge in [-0.1, -0.05) is 23.5 Å². The molecule has 0 bridgehead atoms. The number of carbonyl (C=O) groups is 1. The standard InChI is InChI=1S/C21H20F2N2O3S/c1-14-19(20(26)24(2)13-15-3-5-16(22)6-4-15)29-21(27)25(14)11-12-28-18-9-7-17(23)8-10-18/h3-10H,11-13H2,1-2H3. The number of hydrogen-bond donors (Lipinski definition) is 0. The van der Waals surface area contributed by atoms with Crippen molar-refractivity contribution in [3.63, 3.8) is 0 Å². The Bertz CT molecular complexity index is 1040. The van der Waals surface area contributed by atoms with E-state index >= 15 is 0 Å². The van der Waals surface area contributed by atoms with Gasteiger partial charge < -0.3 is 9.64 Å². The molecular weight excluding hydrogens is 398 g/mol. The van der Waals surface area contributed by atoms with Gasteiger partial charge in [-0.15, -0.1) is 0 Å². The lowest BCUT2D eigenvalue weighted by Gasteiger charge is -2.17. The summed E-state index contributed by atoms with van der Waals surface area (Å²) in [7, 11) is 1.64. The number of aromatic nitrogens is 1. The van der Waals surface area contributed by atoms with Gasteiger partial charge in [0.1, 0.15) is 28.9 Å². The second-order valence-electron chi connectivity index (χ2n) is 6.52. The Morgan fingerprint density at radius 1 is 1.07 bits per heavy atom. The zero-order chi connectivity index (χ0) is 21.0. The molecule has 0 aliphatic rings. The monoisotopic (exact) mass is 418 g/mol. The zero-order valence-electron chi connectivity index (χ0n) is 16.0. The highest BCUT2D eigenvalue weighted by atomic mass is 32.1. The van der Waals surface area contributed by atoms with Crippen LogP contribution in [-0.2, 0) is 13.1 Å². The predicted octanol–water partition coefficient (Wildman–Crippen LogP) is 3.85. The van der Waals surface area contributed by atoms with E-state index in [-0.39, 0.29) is 35.6 Å². The maximum Gasteiger partial charge on any atom is 0.308 e. The SMILES string of the molecule is Cc1c(C(=O)N(C)Cc2ccc(F)cc2)sc(=O)n1CCOc1ccc(F)cc1. The van der Waals surface area contributed by atoms with E-state index in [1.807, 2.05) is 0 Å². The van der Waals surface area contributed by atoms with E-state index in [4.69, 9.17) is 4.74 Å². The van der Waals surface area contributed by atoms with Crippen molar-refractivity contribution in [1.29, 1.82) is 0 Å². The maximum atomic E-state index is 13.0. The number of benzene rings is 2. The van der Waals surface area contributed by atoms with E-state index in [2.05, 4.69) is 0 Å². The molecule has 0 spiro atoms. The van der Waals surface area contributed by atoms with Gasteiger partial charge in [-0.05, 0) is 48.9 Å². The van der Waals surface area contributed by atoms with Crippen molar-refractivity contribution in [1.82, 2.24) is 9.47 Å². The molecule has 29 heavy (non-hydrogen) atoms. The van der Waals surface area contributed by atoms with Gasteiger partial charge in [-0.3, -0.25) is 14.2 Å². The van der Waals surface area contributed by atoms with Gasteiger partial charge in [0.05, 0.1) is 6.54 Å². The van der Waals surface area contributed by atoms with Crippen LogP contribution in [0.4, 0.5) is 8.78 Å². The number of nitrogens with zero attached hydrogens (tertiary/aromatic N) is 2. The van der Waals surface area contributed by atoms with Gasteiger partial charge >= 0.3 is 4.87 Å². The normalized spacial score (nSPS) is 10.8. The first-order chi connectivity index (χ1) is 13.8. The fourth-order valence-electron chi connectivity index (χ4n) is 2.83. The summed E-state index contributed by atoms with van der Waals surface area (Å²) in [4.78, 5) is 26.7. The zero-order valence-corrected chi connectivity index (χ0v) is 16.8. The Labute approximate surface area is 170 Å². The highest BCUT2D eigenvalue weighted by Gasteiger charge is 2.21. The van der Waals surface area contributed by atoms with Gasteiger partial charge in [0.25, 0.3) is 5.91 Å². The molecule has 1 amide bonds. The molecule has 0 aliphatic carbocycles. The quantitative estimate of drug-likeness (QED) is 0.586. The van der Waals surface area contributed by atoms with Crippen LogP contribution in [0.1, 0.15) is 20.9 Å². The van der Waals surface area contributed by atoms with E-state index in [9.17, 15) is 18.4 Å². The first kappa shape index (κ1) is 20.7. The molecule has 0 N–H and O–H groups in total. The number of thiazole rings is 1. The molecule has 1 heterocycles. The molecule has 0 atom stereocenters. The third-order valence-corrected chi connectivity index (χ3v) is 5.48. The smallest absolute Gasteiger partial charge is 0.308 e. The Kier molecular flexibility index (Phi) is 6.43. The molecule has 152 valence electrons. The molecule has 0 unspecified atom stereocenters. The fraction of sp³-hybridized carbons (Fsp3) is 0.238. The molecule has 3 rings (SSSR count). The van der Waals surface area contributed by atoms with Crippen LogP contribution in [-0.4, -0.2) is 29.0 Å². The molecule has 5 nitrogen and oxygen atoms in total. The molecular formula is C21H20F2N2O3S. The summed E-state index contributed by atoms with van der Waals surface area (Å²) in [5.74, 6) is -0.457. The van der Waals surface area contributed by atoms with Crippen molar-refractivity contribution in [2.45, 2.75) is 20.0 Å². The largest absolute Gasteiger partial charge is 0.492 e. The van der Waals surface area contributed by atoms with Crippen molar-refractivity contribution in [2.24, 2.45) is 0 Å². The van der Waals surface area contributed by atoms with Crippen LogP contribution >= 0.6 is 11.3 Å². The van der Waals surface area contributed by atoms with Gasteiger partial charge in [-0.25, -0.2) is 8.78 Å². The number of ether oxygens (including phenoxy) is 1. The molecule has 0 fully saturated rings. The average molecular weight is 418 g/mol. The second-order valence-corrected chi connectivity index (χ2v) is 7.49. The fourth-order valence-corrected chi connectivity index (χ4v) is 3.84. The van der Waals surface area contributed by atoms with Crippen LogP contribution in [0.15, 0.2) is 53.3 Å². The van der Waals surface area contributed by atoms with Crippen molar-refractivity contribution < 1.29 is 18.3 Å². The molecule has 0 radical (unpaired) electrons. The van der Waals surface area contributed by atoms with E-state index in [1.165, 1.54) is 45.9 Å². The number of carbonyl (C=O) groups excluding carboxylic acids is 1. The van der Waals surface area contributed by atoms with Crippen LogP contribution in [0.5, 0.6) is 5.75 Å². The summed E-state index contributed by atoms with van der Waals surface area (Å²) in [6.45, 7) is 2.50. The lowest BCUT2D eigenvalue weighted by Crippen LogP contribution is -2.26. The van der Waals surface area contributed by atoms with E-state index in [1.54, 1.807) is 26.1 Å². The number of amides is 1. The Hall–Kier alpha value is -3.00. The highest BCUT2D eigenvalue weighted by molar-refractivity contribution is 7.11. The van der Waals surface area contributed by atoms with Crippen LogP contribution in [0.25, 0.3) is 0 Å². The van der Waals surface area contributed by atoms with Crippen molar-refractivity contribution >= 4 is 17.2 Å². The Morgan fingerprint density at radius 3 is 2.28 bits per heavy atom. The van der Waals surface area contributed by atoms with Crippen LogP contribution in [0, 0.1) is 18.6 Å². The topological polar surface area (TPSA) is 51.5 Å². The van der Waals surface area contributed by atoms with Crippen LogP contribution in [0.2, 0.25) is 0 Å². The molecule has 3 aromatic rings. The lowest BCUT2D eigenvalue weighted by atomic mass is 10.2. The van der Waals surface area contributed by atoms with E-state index in [0.717, 1.165) is 16.9 Å². The molecule has 2 aromatic carbocycles. The van der Waals surface area contributed by atoms with E-state index in [0.29, 0.717) is 22.9 Å². The first-order valence-corrected chi connectivity index (χ1v) is 9.75. The summed E-state index contributed by atoms with van der Waals surface area (Å²) in [6, 6.07) is 11.5. The number of hydrogen-bond acceptors (Lipinski definition) is 4. The average Bonchev–Trinajstić information content (AvgIpc) is 2.98. The Morgan fingerprint density at radius 2 is 1.66 bits per heavy atom. The van der Waals surface area contributed by atoms with Gasteiger partial charge in [0.2, 0.25) is 0 Å². The van der Waals surface area contributed by atoms with Gasteiger partial charge in [0, 0.05) is 19.3 Å². The summed E-state index contributed by atoms with van der Waals surface area (Å²) >= 11 is 0.890. The first-order valence-electron chi connectivity index (χ1n) is 8.93. The third kappa shape index (κ3) is 5.08. The molecule has 0 aliphatic heterocycles. The van der Waals surface area contributed by atoms with Crippen molar-refractivity contribution in [3.05, 3.63) is 86.0 Å². The second kappa shape index (κ2) is 9.00. The maximum absolute atomic E-state index is 13.0. The van der Waals surface area contributed by atoms with Crippen LogP contribution < -0.4 is 9.61 Å². The minimum Gasteiger partial charge on any atom is -0.492 e. The summed E-state index contributed by atoms with van der Waals surface area (Å²) in [5, 5.41) is 0. The number of halogens is 2. The van der Waals surface area contributed by atoms with Crippen LogP contribution in [0.3, 0.4) is 0 Å². The number of rotatable bonds is 7. The summed E-state index contributed by atoms with van der Waals surface area (Å²) < 4.78 is 33.0. The molecule has 8 heteroatoms. The van der Waals surface area contributed by atoms with Crippen molar-refractivity contribution in [2.75, 3.05) is 13.7 Å². The van der Waals surface area contributed by atoms with E-state index < -0.39 is 0 Å². The minimum absolute atomic E-state index is 0.210. The summed E-state index contributed by atoms with van der Waals surface area (Å²) in [5.41, 5.74) is 1.36. The Balaban J connectivity index is 1.65. The molecule has 1 aromatic heterocycles. The lowest BCUT2D eigenvalue weighted by molar-refractivity contribution is 0.0788.